The van der Waals surface area contributed by atoms with Crippen LogP contribution in [0.2, 0.25) is 0 Å². The third kappa shape index (κ3) is 3.78. The fourth-order valence-electron chi connectivity index (χ4n) is 3.97. The van der Waals surface area contributed by atoms with Crippen LogP contribution >= 0.6 is 0 Å². The molecule has 0 unspecified atom stereocenters. The zero-order valence-corrected chi connectivity index (χ0v) is 18.6. The highest BCUT2D eigenvalue weighted by atomic mass is 16.5. The van der Waals surface area contributed by atoms with Crippen molar-refractivity contribution in [2.45, 2.75) is 20.4 Å². The summed E-state index contributed by atoms with van der Waals surface area (Å²) in [6, 6.07) is 19.5. The van der Waals surface area contributed by atoms with Crippen molar-refractivity contribution in [2.75, 3.05) is 7.11 Å². The molecule has 3 heterocycles. The van der Waals surface area contributed by atoms with Crippen molar-refractivity contribution in [1.29, 1.82) is 0 Å². The van der Waals surface area contributed by atoms with Gasteiger partial charge in [0.15, 0.2) is 0 Å². The van der Waals surface area contributed by atoms with E-state index in [0.29, 0.717) is 23.6 Å². The van der Waals surface area contributed by atoms with Crippen LogP contribution in [0.15, 0.2) is 71.3 Å². The number of ether oxygens (including phenoxy) is 1. The summed E-state index contributed by atoms with van der Waals surface area (Å²) in [5.41, 5.74) is 5.14. The Labute approximate surface area is 190 Å². The van der Waals surface area contributed by atoms with Crippen LogP contribution in [0, 0.1) is 13.8 Å². The quantitative estimate of drug-likeness (QED) is 0.347. The molecule has 5 rings (SSSR count). The molecular weight excluding hydrogens is 416 g/mol. The van der Waals surface area contributed by atoms with Crippen LogP contribution in [-0.4, -0.2) is 32.6 Å². The molecule has 7 heteroatoms. The first-order valence-corrected chi connectivity index (χ1v) is 10.6. The maximum atomic E-state index is 13.6. The molecule has 0 amide bonds. The third-order valence-electron chi connectivity index (χ3n) is 5.72. The summed E-state index contributed by atoms with van der Waals surface area (Å²) >= 11 is 0. The van der Waals surface area contributed by atoms with Gasteiger partial charge in [0.1, 0.15) is 11.4 Å². The van der Waals surface area contributed by atoms with Gasteiger partial charge in [-0.3, -0.25) is 9.78 Å². The minimum absolute atomic E-state index is 0.0732. The minimum atomic E-state index is -0.330. The Balaban J connectivity index is 1.61. The first-order valence-electron chi connectivity index (χ1n) is 10.6. The van der Waals surface area contributed by atoms with Gasteiger partial charge < -0.3 is 13.7 Å². The second kappa shape index (κ2) is 8.35. The van der Waals surface area contributed by atoms with E-state index < -0.39 is 0 Å². The van der Waals surface area contributed by atoms with E-state index in [-0.39, 0.29) is 17.6 Å². The topological polar surface area (TPSA) is 83.0 Å². The Morgan fingerprint density at radius 2 is 1.85 bits per heavy atom. The number of nitrogens with zero attached hydrogens (tertiary/aromatic N) is 4. The Bertz CT molecular complexity index is 1450. The monoisotopic (exact) mass is 438 g/mol. The number of fused-ring (bicyclic) bond motifs is 1. The van der Waals surface area contributed by atoms with E-state index in [4.69, 9.17) is 9.15 Å². The van der Waals surface area contributed by atoms with Gasteiger partial charge in [0, 0.05) is 29.3 Å². The number of benzene rings is 2. The van der Waals surface area contributed by atoms with Gasteiger partial charge in [-0.1, -0.05) is 35.9 Å². The zero-order chi connectivity index (χ0) is 22.9. The van der Waals surface area contributed by atoms with E-state index in [2.05, 4.69) is 50.9 Å². The molecule has 0 spiro atoms. The number of rotatable bonds is 6. The van der Waals surface area contributed by atoms with Gasteiger partial charge in [-0.2, -0.15) is 0 Å². The average Bonchev–Trinajstić information content (AvgIpc) is 3.44. The van der Waals surface area contributed by atoms with Gasteiger partial charge in [-0.05, 0) is 49.7 Å². The number of methoxy groups -OCH3 is 1. The Hall–Kier alpha value is -4.26. The van der Waals surface area contributed by atoms with Crippen LogP contribution in [0.25, 0.3) is 22.5 Å². The van der Waals surface area contributed by atoms with E-state index in [1.54, 1.807) is 25.4 Å². The van der Waals surface area contributed by atoms with Crippen LogP contribution in [-0.2, 0) is 6.54 Å². The molecule has 0 aliphatic rings. The van der Waals surface area contributed by atoms with Crippen LogP contribution in [0.4, 0.5) is 0 Å². The van der Waals surface area contributed by atoms with Crippen molar-refractivity contribution in [3.63, 3.8) is 0 Å². The predicted octanol–water partition coefficient (Wildman–Crippen LogP) is 4.99. The molecule has 0 saturated heterocycles. The fraction of sp³-hybridized carbons (Fsp3) is 0.154. The van der Waals surface area contributed by atoms with E-state index in [1.165, 1.54) is 5.56 Å². The molecule has 0 saturated carbocycles. The number of pyridine rings is 1. The molecule has 164 valence electrons. The van der Waals surface area contributed by atoms with Crippen molar-refractivity contribution in [3.05, 3.63) is 95.1 Å². The summed E-state index contributed by atoms with van der Waals surface area (Å²) in [5, 5.41) is 8.82. The number of carbonyl (C=O) groups is 1. The third-order valence-corrected chi connectivity index (χ3v) is 5.72. The molecule has 0 aliphatic carbocycles. The van der Waals surface area contributed by atoms with E-state index in [1.807, 2.05) is 31.2 Å². The van der Waals surface area contributed by atoms with Crippen LogP contribution < -0.4 is 4.74 Å². The van der Waals surface area contributed by atoms with Crippen molar-refractivity contribution in [2.24, 2.45) is 0 Å². The molecule has 7 nitrogen and oxygen atoms in total. The second-order valence-electron chi connectivity index (χ2n) is 7.87. The normalized spacial score (nSPS) is 11.1. The SMILES string of the molecule is COc1ccc2c(c1)c(C(=O)c1nnc(-c3ccccn3)o1)c(C)n2Cc1ccc(C)cc1. The second-order valence-corrected chi connectivity index (χ2v) is 7.87. The maximum absolute atomic E-state index is 13.6. The number of ketones is 1. The molecule has 3 aromatic heterocycles. The van der Waals surface area contributed by atoms with Gasteiger partial charge in [0.25, 0.3) is 17.6 Å². The zero-order valence-electron chi connectivity index (χ0n) is 18.6. The summed E-state index contributed by atoms with van der Waals surface area (Å²) in [4.78, 5) is 17.8. The predicted molar refractivity (Wildman–Crippen MR) is 124 cm³/mol. The first kappa shape index (κ1) is 20.6. The number of carbonyl (C=O) groups excluding carboxylic acids is 1. The van der Waals surface area contributed by atoms with Gasteiger partial charge in [0.2, 0.25) is 0 Å². The standard InChI is InChI=1S/C26H22N4O3/c1-16-7-9-18(10-8-16)15-30-17(2)23(20-14-19(32-3)11-12-22(20)30)24(31)26-29-28-25(33-26)21-6-4-5-13-27-21/h4-14H,15H2,1-3H3. The first-order chi connectivity index (χ1) is 16.0. The highest BCUT2D eigenvalue weighted by molar-refractivity contribution is 6.15. The Kier molecular flexibility index (Phi) is 5.22. The van der Waals surface area contributed by atoms with Crippen LogP contribution in [0.1, 0.15) is 33.1 Å². The lowest BCUT2D eigenvalue weighted by Crippen LogP contribution is -2.06. The molecule has 0 fully saturated rings. The minimum Gasteiger partial charge on any atom is -0.497 e. The highest BCUT2D eigenvalue weighted by Crippen LogP contribution is 2.32. The van der Waals surface area contributed by atoms with E-state index in [0.717, 1.165) is 22.2 Å². The lowest BCUT2D eigenvalue weighted by molar-refractivity contribution is 0.100. The van der Waals surface area contributed by atoms with Gasteiger partial charge in [-0.25, -0.2) is 0 Å². The van der Waals surface area contributed by atoms with Gasteiger partial charge in [-0.15, -0.1) is 10.2 Å². The summed E-state index contributed by atoms with van der Waals surface area (Å²) in [5.74, 6) is 0.473. The van der Waals surface area contributed by atoms with Crippen LogP contribution in [0.5, 0.6) is 5.75 Å². The molecule has 0 atom stereocenters. The summed E-state index contributed by atoms with van der Waals surface area (Å²) < 4.78 is 13.3. The van der Waals surface area contributed by atoms with E-state index in [9.17, 15) is 4.79 Å². The van der Waals surface area contributed by atoms with Crippen molar-refractivity contribution in [1.82, 2.24) is 19.7 Å². The Morgan fingerprint density at radius 3 is 2.58 bits per heavy atom. The van der Waals surface area contributed by atoms with Crippen molar-refractivity contribution in [3.8, 4) is 17.3 Å². The molecule has 0 bridgehead atoms. The molecule has 0 N–H and O–H groups in total. The smallest absolute Gasteiger partial charge is 0.289 e. The lowest BCUT2D eigenvalue weighted by Gasteiger charge is -2.09. The van der Waals surface area contributed by atoms with Gasteiger partial charge >= 0.3 is 0 Å². The molecule has 0 radical (unpaired) electrons. The lowest BCUT2D eigenvalue weighted by atomic mass is 10.1. The maximum Gasteiger partial charge on any atom is 0.289 e. The molecule has 2 aromatic carbocycles. The van der Waals surface area contributed by atoms with E-state index >= 15 is 0 Å². The number of hydrogen-bond donors (Lipinski definition) is 0. The molecule has 5 aromatic rings. The molecular formula is C26H22N4O3. The van der Waals surface area contributed by atoms with Crippen molar-refractivity contribution >= 4 is 16.7 Å². The average molecular weight is 438 g/mol. The number of hydrogen-bond acceptors (Lipinski definition) is 6. The molecule has 33 heavy (non-hydrogen) atoms. The fourth-order valence-corrected chi connectivity index (χ4v) is 3.97. The number of aromatic nitrogens is 4. The van der Waals surface area contributed by atoms with Gasteiger partial charge in [0.05, 0.1) is 12.7 Å². The number of aryl methyl sites for hydroxylation is 1. The molecule has 0 aliphatic heterocycles. The summed E-state index contributed by atoms with van der Waals surface area (Å²) in [7, 11) is 1.61. The Morgan fingerprint density at radius 1 is 1.03 bits per heavy atom. The highest BCUT2D eigenvalue weighted by Gasteiger charge is 2.26. The van der Waals surface area contributed by atoms with Crippen LogP contribution in [0.3, 0.4) is 0 Å². The van der Waals surface area contributed by atoms with Crippen molar-refractivity contribution < 1.29 is 13.9 Å². The summed E-state index contributed by atoms with van der Waals surface area (Å²) in [6.45, 7) is 4.63. The largest absolute Gasteiger partial charge is 0.497 e. The summed E-state index contributed by atoms with van der Waals surface area (Å²) in [6.07, 6.45) is 1.64.